The first-order valence-electron chi connectivity index (χ1n) is 4.20. The molecular weight excluding hydrogens is 128 g/mol. The summed E-state index contributed by atoms with van der Waals surface area (Å²) < 4.78 is 11.0. The lowest BCUT2D eigenvalue weighted by Crippen LogP contribution is -2.23. The van der Waals surface area contributed by atoms with Crippen LogP contribution >= 0.6 is 0 Å². The molecule has 2 saturated heterocycles. The highest BCUT2D eigenvalue weighted by Crippen LogP contribution is 2.24. The largest absolute Gasteiger partial charge is 0.376 e. The summed E-state index contributed by atoms with van der Waals surface area (Å²) >= 11 is 0. The van der Waals surface area contributed by atoms with Crippen LogP contribution in [0.5, 0.6) is 0 Å². The van der Waals surface area contributed by atoms with Gasteiger partial charge in [-0.2, -0.15) is 0 Å². The summed E-state index contributed by atoms with van der Waals surface area (Å²) in [5.74, 6) is 0. The molecule has 2 heteroatoms. The number of rotatable bonds is 1. The fourth-order valence-corrected chi connectivity index (χ4v) is 1.79. The van der Waals surface area contributed by atoms with Gasteiger partial charge in [0.05, 0.1) is 12.2 Å². The third kappa shape index (κ3) is 1.18. The van der Waals surface area contributed by atoms with Crippen LogP contribution in [-0.4, -0.2) is 25.4 Å². The lowest BCUT2D eigenvalue weighted by Gasteiger charge is -2.15. The van der Waals surface area contributed by atoms with Crippen LogP contribution in [0.2, 0.25) is 0 Å². The van der Waals surface area contributed by atoms with E-state index >= 15 is 0 Å². The van der Waals surface area contributed by atoms with Crippen molar-refractivity contribution in [3.63, 3.8) is 0 Å². The van der Waals surface area contributed by atoms with Crippen LogP contribution < -0.4 is 0 Å². The van der Waals surface area contributed by atoms with Crippen LogP contribution in [-0.2, 0) is 9.47 Å². The molecule has 58 valence electrons. The van der Waals surface area contributed by atoms with Crippen molar-refractivity contribution in [3.05, 3.63) is 0 Å². The minimum Gasteiger partial charge on any atom is -0.376 e. The topological polar surface area (TPSA) is 18.5 Å². The molecule has 0 bridgehead atoms. The molecule has 0 amide bonds. The Balaban J connectivity index is 1.85. The fourth-order valence-electron chi connectivity index (χ4n) is 1.79. The van der Waals surface area contributed by atoms with Gasteiger partial charge in [0.1, 0.15) is 0 Å². The van der Waals surface area contributed by atoms with Gasteiger partial charge in [0.25, 0.3) is 0 Å². The van der Waals surface area contributed by atoms with Crippen LogP contribution in [0.4, 0.5) is 0 Å². The van der Waals surface area contributed by atoms with Crippen molar-refractivity contribution < 1.29 is 9.47 Å². The Morgan fingerprint density at radius 1 is 0.800 bits per heavy atom. The van der Waals surface area contributed by atoms with E-state index < -0.39 is 0 Å². The molecule has 2 atom stereocenters. The minimum absolute atomic E-state index is 0.433. The van der Waals surface area contributed by atoms with Gasteiger partial charge in [-0.25, -0.2) is 0 Å². The van der Waals surface area contributed by atoms with Crippen LogP contribution in [0.15, 0.2) is 0 Å². The van der Waals surface area contributed by atoms with Crippen molar-refractivity contribution in [1.82, 2.24) is 0 Å². The highest BCUT2D eigenvalue weighted by atomic mass is 16.5. The SMILES string of the molecule is C1COC(C2CCCO2)C1. The maximum atomic E-state index is 5.51. The molecule has 0 N–H and O–H groups in total. The molecule has 0 aromatic carbocycles. The summed E-state index contributed by atoms with van der Waals surface area (Å²) in [7, 11) is 0. The molecule has 2 fully saturated rings. The summed E-state index contributed by atoms with van der Waals surface area (Å²) in [5.41, 5.74) is 0. The monoisotopic (exact) mass is 142 g/mol. The van der Waals surface area contributed by atoms with Gasteiger partial charge in [-0.05, 0) is 25.7 Å². The standard InChI is InChI=1S/C8H14O2/c1-3-7(9-5-1)8-4-2-6-10-8/h7-8H,1-6H2. The number of hydrogen-bond acceptors (Lipinski definition) is 2. The van der Waals surface area contributed by atoms with E-state index in [4.69, 9.17) is 9.47 Å². The third-order valence-electron chi connectivity index (χ3n) is 2.34. The molecule has 2 aliphatic rings. The van der Waals surface area contributed by atoms with E-state index in [1.165, 1.54) is 25.7 Å². The Labute approximate surface area is 61.5 Å². The minimum atomic E-state index is 0.433. The zero-order valence-corrected chi connectivity index (χ0v) is 6.21. The van der Waals surface area contributed by atoms with Gasteiger partial charge in [-0.1, -0.05) is 0 Å². The molecule has 0 saturated carbocycles. The zero-order valence-electron chi connectivity index (χ0n) is 6.21. The van der Waals surface area contributed by atoms with Crippen molar-refractivity contribution in [2.75, 3.05) is 13.2 Å². The van der Waals surface area contributed by atoms with E-state index in [9.17, 15) is 0 Å². The van der Waals surface area contributed by atoms with Gasteiger partial charge in [0, 0.05) is 13.2 Å². The summed E-state index contributed by atoms with van der Waals surface area (Å²) in [6.45, 7) is 1.90. The summed E-state index contributed by atoms with van der Waals surface area (Å²) in [6, 6.07) is 0. The smallest absolute Gasteiger partial charge is 0.0837 e. The molecular formula is C8H14O2. The van der Waals surface area contributed by atoms with Gasteiger partial charge in [0.2, 0.25) is 0 Å². The molecule has 2 nitrogen and oxygen atoms in total. The zero-order chi connectivity index (χ0) is 6.81. The Morgan fingerprint density at radius 2 is 1.30 bits per heavy atom. The van der Waals surface area contributed by atoms with E-state index in [2.05, 4.69) is 0 Å². The van der Waals surface area contributed by atoms with Gasteiger partial charge < -0.3 is 9.47 Å². The molecule has 0 radical (unpaired) electrons. The van der Waals surface area contributed by atoms with Gasteiger partial charge in [0.15, 0.2) is 0 Å². The van der Waals surface area contributed by atoms with E-state index in [0.717, 1.165) is 13.2 Å². The second kappa shape index (κ2) is 2.89. The average molecular weight is 142 g/mol. The maximum Gasteiger partial charge on any atom is 0.0837 e. The summed E-state index contributed by atoms with van der Waals surface area (Å²) in [5, 5.41) is 0. The average Bonchev–Trinajstić information content (AvgIpc) is 2.59. The Morgan fingerprint density at radius 3 is 1.60 bits per heavy atom. The predicted molar refractivity (Wildman–Crippen MR) is 37.9 cm³/mol. The van der Waals surface area contributed by atoms with Crippen LogP contribution in [0, 0.1) is 0 Å². The van der Waals surface area contributed by atoms with Crippen LogP contribution in [0.1, 0.15) is 25.7 Å². The predicted octanol–water partition coefficient (Wildman–Crippen LogP) is 1.34. The van der Waals surface area contributed by atoms with Crippen molar-refractivity contribution in [2.24, 2.45) is 0 Å². The second-order valence-electron chi connectivity index (χ2n) is 3.10. The first-order valence-corrected chi connectivity index (χ1v) is 4.20. The van der Waals surface area contributed by atoms with E-state index in [0.29, 0.717) is 12.2 Å². The Kier molecular flexibility index (Phi) is 1.91. The molecule has 10 heavy (non-hydrogen) atoms. The second-order valence-corrected chi connectivity index (χ2v) is 3.10. The lowest BCUT2D eigenvalue weighted by molar-refractivity contribution is -0.0173. The van der Waals surface area contributed by atoms with Crippen molar-refractivity contribution in [1.29, 1.82) is 0 Å². The highest BCUT2D eigenvalue weighted by molar-refractivity contribution is 4.78. The molecule has 0 spiro atoms. The normalized spacial score (nSPS) is 40.8. The first-order chi connectivity index (χ1) is 4.97. The maximum absolute atomic E-state index is 5.51. The van der Waals surface area contributed by atoms with Crippen molar-refractivity contribution in [3.8, 4) is 0 Å². The van der Waals surface area contributed by atoms with E-state index in [1.807, 2.05) is 0 Å². The number of hydrogen-bond donors (Lipinski definition) is 0. The molecule has 2 heterocycles. The van der Waals surface area contributed by atoms with Gasteiger partial charge >= 0.3 is 0 Å². The molecule has 0 aromatic rings. The molecule has 2 rings (SSSR count). The van der Waals surface area contributed by atoms with Crippen LogP contribution in [0.3, 0.4) is 0 Å². The van der Waals surface area contributed by atoms with Crippen molar-refractivity contribution >= 4 is 0 Å². The molecule has 0 aliphatic carbocycles. The van der Waals surface area contributed by atoms with E-state index in [1.54, 1.807) is 0 Å². The van der Waals surface area contributed by atoms with Crippen molar-refractivity contribution in [2.45, 2.75) is 37.9 Å². The van der Waals surface area contributed by atoms with Crippen LogP contribution in [0.25, 0.3) is 0 Å². The first kappa shape index (κ1) is 6.62. The quantitative estimate of drug-likeness (QED) is 0.550. The summed E-state index contributed by atoms with van der Waals surface area (Å²) in [4.78, 5) is 0. The molecule has 2 aliphatic heterocycles. The summed E-state index contributed by atoms with van der Waals surface area (Å²) in [6.07, 6.45) is 5.75. The molecule has 0 aromatic heterocycles. The highest BCUT2D eigenvalue weighted by Gasteiger charge is 2.28. The van der Waals surface area contributed by atoms with Gasteiger partial charge in [-0.3, -0.25) is 0 Å². The Hall–Kier alpha value is -0.0800. The third-order valence-corrected chi connectivity index (χ3v) is 2.34. The molecule has 2 unspecified atom stereocenters. The Bertz CT molecular complexity index is 87.8. The number of ether oxygens (including phenoxy) is 2. The fraction of sp³-hybridized carbons (Fsp3) is 1.00. The van der Waals surface area contributed by atoms with E-state index in [-0.39, 0.29) is 0 Å². The lowest BCUT2D eigenvalue weighted by atomic mass is 10.1. The van der Waals surface area contributed by atoms with Gasteiger partial charge in [-0.15, -0.1) is 0 Å².